The van der Waals surface area contributed by atoms with Gasteiger partial charge in [-0.1, -0.05) is 30.3 Å². The monoisotopic (exact) mass is 323 g/mol. The maximum absolute atomic E-state index is 12.9. The minimum absolute atomic E-state index is 0.0432. The quantitative estimate of drug-likeness (QED) is 0.881. The smallest absolute Gasteiger partial charge is 0.301 e. The summed E-state index contributed by atoms with van der Waals surface area (Å²) in [6.45, 7) is 3.74. The fourth-order valence-electron chi connectivity index (χ4n) is 2.81. The van der Waals surface area contributed by atoms with Crippen LogP contribution in [0, 0.1) is 13.8 Å². The molecule has 1 aliphatic heterocycles. The van der Waals surface area contributed by atoms with E-state index in [1.165, 1.54) is 7.11 Å². The number of aliphatic hydroxyl groups excluding tert-OH is 1. The number of aryl methyl sites for hydroxylation is 1. The largest absolute Gasteiger partial charge is 0.502 e. The number of hydrogen-bond acceptors (Lipinski definition) is 4. The van der Waals surface area contributed by atoms with Gasteiger partial charge in [0.2, 0.25) is 0 Å². The Labute approximate surface area is 139 Å². The van der Waals surface area contributed by atoms with E-state index in [0.717, 1.165) is 16.0 Å². The molecule has 2 aromatic rings. The van der Waals surface area contributed by atoms with Crippen LogP contribution in [0.1, 0.15) is 16.7 Å². The van der Waals surface area contributed by atoms with Crippen LogP contribution in [0.5, 0.6) is 5.75 Å². The summed E-state index contributed by atoms with van der Waals surface area (Å²) in [5.41, 5.74) is 2.59. The summed E-state index contributed by atoms with van der Waals surface area (Å²) in [4.78, 5) is 26.4. The zero-order valence-electron chi connectivity index (χ0n) is 13.7. The predicted molar refractivity (Wildman–Crippen MR) is 91.0 cm³/mol. The third kappa shape index (κ3) is 2.25. The summed E-state index contributed by atoms with van der Waals surface area (Å²) < 4.78 is 5.25. The Morgan fingerprint density at radius 2 is 1.67 bits per heavy atom. The number of nitrogens with zero attached hydrogens (tertiary/aromatic N) is 1. The molecule has 3 rings (SSSR count). The molecule has 0 spiro atoms. The SMILES string of the molecule is COc1ccccc1C1=C(O)C(=O)N(c2cccc(C)c2C)C1=O. The Morgan fingerprint density at radius 1 is 0.958 bits per heavy atom. The van der Waals surface area contributed by atoms with E-state index < -0.39 is 17.6 Å². The number of methoxy groups -OCH3 is 1. The van der Waals surface area contributed by atoms with Gasteiger partial charge in [-0.2, -0.15) is 0 Å². The number of carbonyl (C=O) groups excluding carboxylic acids is 2. The molecule has 0 unspecified atom stereocenters. The summed E-state index contributed by atoms with van der Waals surface area (Å²) in [5.74, 6) is -1.43. The van der Waals surface area contributed by atoms with Gasteiger partial charge in [-0.05, 0) is 37.1 Å². The molecule has 0 fully saturated rings. The summed E-state index contributed by atoms with van der Waals surface area (Å²) in [6, 6.07) is 12.2. The standard InChI is InChI=1S/C19H17NO4/c1-11-7-6-9-14(12(11)2)20-18(22)16(17(21)19(20)23)13-8-4-5-10-15(13)24-3/h4-10,21H,1-3H3. The second-order valence-corrected chi connectivity index (χ2v) is 5.59. The molecule has 1 aliphatic rings. The highest BCUT2D eigenvalue weighted by molar-refractivity contribution is 6.45. The normalized spacial score (nSPS) is 14.5. The van der Waals surface area contributed by atoms with Crippen molar-refractivity contribution in [1.82, 2.24) is 0 Å². The van der Waals surface area contributed by atoms with Crippen molar-refractivity contribution in [2.75, 3.05) is 12.0 Å². The molecule has 0 radical (unpaired) electrons. The molecule has 1 N–H and O–H groups in total. The van der Waals surface area contributed by atoms with Crippen LogP contribution >= 0.6 is 0 Å². The van der Waals surface area contributed by atoms with Crippen LogP contribution in [0.15, 0.2) is 48.2 Å². The first-order chi connectivity index (χ1) is 11.5. The number of para-hydroxylation sites is 1. The Balaban J connectivity index is 2.13. The van der Waals surface area contributed by atoms with Crippen molar-refractivity contribution < 1.29 is 19.4 Å². The summed E-state index contributed by atoms with van der Waals surface area (Å²) in [5, 5.41) is 10.3. The van der Waals surface area contributed by atoms with Crippen LogP contribution < -0.4 is 9.64 Å². The first kappa shape index (κ1) is 15.8. The number of hydrogen-bond donors (Lipinski definition) is 1. The molecule has 0 aromatic heterocycles. The summed E-state index contributed by atoms with van der Waals surface area (Å²) >= 11 is 0. The van der Waals surface area contributed by atoms with Gasteiger partial charge >= 0.3 is 5.91 Å². The number of carbonyl (C=O) groups is 2. The Hall–Kier alpha value is -3.08. The van der Waals surface area contributed by atoms with E-state index in [1.54, 1.807) is 36.4 Å². The minimum Gasteiger partial charge on any atom is -0.502 e. The highest BCUT2D eigenvalue weighted by atomic mass is 16.5. The van der Waals surface area contributed by atoms with E-state index >= 15 is 0 Å². The zero-order chi connectivity index (χ0) is 17.4. The van der Waals surface area contributed by atoms with Gasteiger partial charge in [0.05, 0.1) is 18.4 Å². The highest BCUT2D eigenvalue weighted by Gasteiger charge is 2.41. The van der Waals surface area contributed by atoms with Crippen molar-refractivity contribution in [3.8, 4) is 5.75 Å². The van der Waals surface area contributed by atoms with Gasteiger partial charge in [0, 0.05) is 5.56 Å². The number of amides is 2. The number of rotatable bonds is 3. The van der Waals surface area contributed by atoms with Crippen LogP contribution in [0.4, 0.5) is 5.69 Å². The minimum atomic E-state index is -0.727. The Kier molecular flexibility index (Phi) is 3.85. The van der Waals surface area contributed by atoms with E-state index in [-0.39, 0.29) is 5.57 Å². The second kappa shape index (κ2) is 5.85. The molecule has 5 heteroatoms. The third-order valence-electron chi connectivity index (χ3n) is 4.25. The van der Waals surface area contributed by atoms with Crippen molar-refractivity contribution in [2.45, 2.75) is 13.8 Å². The average Bonchev–Trinajstić information content (AvgIpc) is 2.80. The van der Waals surface area contributed by atoms with Gasteiger partial charge < -0.3 is 9.84 Å². The summed E-state index contributed by atoms with van der Waals surface area (Å²) in [6.07, 6.45) is 0. The van der Waals surface area contributed by atoms with Gasteiger partial charge in [0.15, 0.2) is 5.76 Å². The molecule has 5 nitrogen and oxygen atoms in total. The lowest BCUT2D eigenvalue weighted by Crippen LogP contribution is -2.32. The zero-order valence-corrected chi connectivity index (χ0v) is 13.7. The molecule has 2 amide bonds. The van der Waals surface area contributed by atoms with Crippen molar-refractivity contribution >= 4 is 23.1 Å². The number of anilines is 1. The average molecular weight is 323 g/mol. The maximum Gasteiger partial charge on any atom is 0.301 e. The molecule has 2 aromatic carbocycles. The third-order valence-corrected chi connectivity index (χ3v) is 4.25. The lowest BCUT2D eigenvalue weighted by molar-refractivity contribution is -0.121. The number of aliphatic hydroxyl groups is 1. The van der Waals surface area contributed by atoms with Crippen LogP contribution in [-0.2, 0) is 9.59 Å². The van der Waals surface area contributed by atoms with Crippen molar-refractivity contribution in [3.05, 3.63) is 64.9 Å². The van der Waals surface area contributed by atoms with Gasteiger partial charge in [-0.3, -0.25) is 9.59 Å². The highest BCUT2D eigenvalue weighted by Crippen LogP contribution is 2.37. The van der Waals surface area contributed by atoms with Gasteiger partial charge in [-0.25, -0.2) is 4.90 Å². The van der Waals surface area contributed by atoms with Crippen molar-refractivity contribution in [3.63, 3.8) is 0 Å². The number of ether oxygens (including phenoxy) is 1. The van der Waals surface area contributed by atoms with Gasteiger partial charge in [0.1, 0.15) is 5.75 Å². The predicted octanol–water partition coefficient (Wildman–Crippen LogP) is 3.15. The summed E-state index contributed by atoms with van der Waals surface area (Å²) in [7, 11) is 1.47. The molecular formula is C19H17NO4. The Bertz CT molecular complexity index is 883. The first-order valence-corrected chi connectivity index (χ1v) is 7.49. The van der Waals surface area contributed by atoms with Crippen molar-refractivity contribution in [1.29, 1.82) is 0 Å². The molecule has 0 atom stereocenters. The molecule has 1 heterocycles. The number of benzene rings is 2. The van der Waals surface area contributed by atoms with Gasteiger partial charge in [-0.15, -0.1) is 0 Å². The molecular weight excluding hydrogens is 306 g/mol. The van der Waals surface area contributed by atoms with E-state index in [4.69, 9.17) is 4.74 Å². The van der Waals surface area contributed by atoms with E-state index in [0.29, 0.717) is 17.0 Å². The fraction of sp³-hybridized carbons (Fsp3) is 0.158. The molecule has 0 saturated carbocycles. The lowest BCUT2D eigenvalue weighted by Gasteiger charge is -2.18. The molecule has 24 heavy (non-hydrogen) atoms. The molecule has 0 bridgehead atoms. The molecule has 0 aliphatic carbocycles. The van der Waals surface area contributed by atoms with E-state index in [1.807, 2.05) is 19.9 Å². The second-order valence-electron chi connectivity index (χ2n) is 5.59. The fourth-order valence-corrected chi connectivity index (χ4v) is 2.81. The Morgan fingerprint density at radius 3 is 2.38 bits per heavy atom. The van der Waals surface area contributed by atoms with E-state index in [2.05, 4.69) is 0 Å². The van der Waals surface area contributed by atoms with E-state index in [9.17, 15) is 14.7 Å². The molecule has 122 valence electrons. The van der Waals surface area contributed by atoms with Crippen LogP contribution in [-0.4, -0.2) is 24.0 Å². The topological polar surface area (TPSA) is 66.8 Å². The van der Waals surface area contributed by atoms with Gasteiger partial charge in [0.25, 0.3) is 5.91 Å². The maximum atomic E-state index is 12.9. The molecule has 0 saturated heterocycles. The number of imide groups is 1. The van der Waals surface area contributed by atoms with Crippen LogP contribution in [0.3, 0.4) is 0 Å². The first-order valence-electron chi connectivity index (χ1n) is 7.49. The van der Waals surface area contributed by atoms with Crippen molar-refractivity contribution in [2.24, 2.45) is 0 Å². The van der Waals surface area contributed by atoms with Crippen LogP contribution in [0.25, 0.3) is 5.57 Å². The lowest BCUT2D eigenvalue weighted by atomic mass is 10.0. The van der Waals surface area contributed by atoms with Crippen LogP contribution in [0.2, 0.25) is 0 Å².